The number of rotatable bonds is 5. The average Bonchev–Trinajstić information content (AvgIpc) is 2.72. The van der Waals surface area contributed by atoms with Gasteiger partial charge in [-0.25, -0.2) is 0 Å². The smallest absolute Gasteiger partial charge is 0.0320 e. The van der Waals surface area contributed by atoms with Crippen molar-refractivity contribution in [1.82, 2.24) is 5.32 Å². The molecule has 0 radical (unpaired) electrons. The molecule has 1 N–H and O–H groups in total. The predicted molar refractivity (Wildman–Crippen MR) is 90.6 cm³/mol. The van der Waals surface area contributed by atoms with Gasteiger partial charge in [-0.3, -0.25) is 0 Å². The van der Waals surface area contributed by atoms with Gasteiger partial charge in [0.05, 0.1) is 0 Å². The van der Waals surface area contributed by atoms with Crippen LogP contribution in [0.5, 0.6) is 0 Å². The minimum Gasteiger partial charge on any atom is -0.313 e. The molecule has 0 saturated heterocycles. The molecule has 1 heteroatoms. The van der Waals surface area contributed by atoms with Crippen molar-refractivity contribution in [2.75, 3.05) is 7.05 Å². The van der Waals surface area contributed by atoms with Gasteiger partial charge in [-0.2, -0.15) is 0 Å². The summed E-state index contributed by atoms with van der Waals surface area (Å²) in [6.45, 7) is 0. The lowest BCUT2D eigenvalue weighted by atomic mass is 9.79. The standard InChI is InChI=1S/C20H31N/c1-21-20(15-16-7-4-2-3-5-8-16)19-13-11-18(12-14-19)17-9-6-10-17/h11-14,16-17,20-21H,2-10,15H2,1H3. The van der Waals surface area contributed by atoms with Gasteiger partial charge < -0.3 is 5.32 Å². The Morgan fingerprint density at radius 1 is 0.905 bits per heavy atom. The molecule has 116 valence electrons. The van der Waals surface area contributed by atoms with E-state index in [1.165, 1.54) is 69.8 Å². The molecule has 2 saturated carbocycles. The van der Waals surface area contributed by atoms with Gasteiger partial charge in [-0.15, -0.1) is 0 Å². The van der Waals surface area contributed by atoms with Crippen LogP contribution in [-0.4, -0.2) is 7.05 Å². The van der Waals surface area contributed by atoms with E-state index < -0.39 is 0 Å². The minimum absolute atomic E-state index is 0.545. The normalized spacial score (nSPS) is 22.5. The fourth-order valence-corrected chi connectivity index (χ4v) is 4.10. The van der Waals surface area contributed by atoms with Crippen LogP contribution >= 0.6 is 0 Å². The second-order valence-corrected chi connectivity index (χ2v) is 7.23. The molecule has 1 aromatic carbocycles. The lowest BCUT2D eigenvalue weighted by Gasteiger charge is -2.27. The number of hydrogen-bond donors (Lipinski definition) is 1. The van der Waals surface area contributed by atoms with E-state index in [2.05, 4.69) is 36.6 Å². The summed E-state index contributed by atoms with van der Waals surface area (Å²) in [5.41, 5.74) is 3.05. The molecular formula is C20H31N. The molecule has 0 aliphatic heterocycles. The van der Waals surface area contributed by atoms with Crippen LogP contribution in [-0.2, 0) is 0 Å². The van der Waals surface area contributed by atoms with E-state index in [0.29, 0.717) is 6.04 Å². The Bertz CT molecular complexity index is 410. The SMILES string of the molecule is CNC(CC1CCCCCC1)c1ccc(C2CCC2)cc1. The van der Waals surface area contributed by atoms with Crippen molar-refractivity contribution in [2.24, 2.45) is 5.92 Å². The van der Waals surface area contributed by atoms with Gasteiger partial charge in [0.15, 0.2) is 0 Å². The van der Waals surface area contributed by atoms with Crippen LogP contribution in [0.3, 0.4) is 0 Å². The highest BCUT2D eigenvalue weighted by atomic mass is 14.9. The molecule has 2 aliphatic carbocycles. The molecule has 21 heavy (non-hydrogen) atoms. The van der Waals surface area contributed by atoms with Crippen molar-refractivity contribution < 1.29 is 0 Å². The monoisotopic (exact) mass is 285 g/mol. The Hall–Kier alpha value is -0.820. The van der Waals surface area contributed by atoms with Gasteiger partial charge in [-0.1, -0.05) is 69.2 Å². The second-order valence-electron chi connectivity index (χ2n) is 7.23. The first-order valence-electron chi connectivity index (χ1n) is 9.14. The molecule has 2 fully saturated rings. The van der Waals surface area contributed by atoms with Crippen LogP contribution in [0.2, 0.25) is 0 Å². The Balaban J connectivity index is 1.61. The van der Waals surface area contributed by atoms with Crippen LogP contribution < -0.4 is 5.32 Å². The summed E-state index contributed by atoms with van der Waals surface area (Å²) in [6, 6.07) is 10.1. The molecule has 1 atom stereocenters. The summed E-state index contributed by atoms with van der Waals surface area (Å²) >= 11 is 0. The van der Waals surface area contributed by atoms with E-state index in [-0.39, 0.29) is 0 Å². The number of hydrogen-bond acceptors (Lipinski definition) is 1. The summed E-state index contributed by atoms with van der Waals surface area (Å²) in [5, 5.41) is 3.56. The fraction of sp³-hybridized carbons (Fsp3) is 0.700. The summed E-state index contributed by atoms with van der Waals surface area (Å²) in [7, 11) is 2.13. The molecule has 0 heterocycles. The largest absolute Gasteiger partial charge is 0.313 e. The molecule has 1 unspecified atom stereocenters. The van der Waals surface area contributed by atoms with Gasteiger partial charge in [0, 0.05) is 6.04 Å². The molecule has 0 amide bonds. The maximum absolute atomic E-state index is 3.56. The zero-order valence-electron chi connectivity index (χ0n) is 13.6. The fourth-order valence-electron chi connectivity index (χ4n) is 4.10. The molecule has 1 nitrogen and oxygen atoms in total. The van der Waals surface area contributed by atoms with Crippen LogP contribution in [0, 0.1) is 5.92 Å². The number of benzene rings is 1. The van der Waals surface area contributed by atoms with Gasteiger partial charge in [-0.05, 0) is 49.3 Å². The molecule has 1 aromatic rings. The summed E-state index contributed by atoms with van der Waals surface area (Å²) in [4.78, 5) is 0. The molecule has 2 aliphatic rings. The maximum Gasteiger partial charge on any atom is 0.0320 e. The summed E-state index contributed by atoms with van der Waals surface area (Å²) < 4.78 is 0. The Kier molecular flexibility index (Phi) is 5.35. The zero-order valence-corrected chi connectivity index (χ0v) is 13.6. The van der Waals surface area contributed by atoms with Crippen molar-refractivity contribution in [3.05, 3.63) is 35.4 Å². The van der Waals surface area contributed by atoms with E-state index >= 15 is 0 Å². The van der Waals surface area contributed by atoms with E-state index in [1.54, 1.807) is 5.56 Å². The minimum atomic E-state index is 0.545. The van der Waals surface area contributed by atoms with Crippen molar-refractivity contribution in [3.8, 4) is 0 Å². The van der Waals surface area contributed by atoms with E-state index in [0.717, 1.165) is 11.8 Å². The highest BCUT2D eigenvalue weighted by Crippen LogP contribution is 2.37. The molecule has 0 aromatic heterocycles. The van der Waals surface area contributed by atoms with Crippen LogP contribution in [0.1, 0.15) is 87.3 Å². The van der Waals surface area contributed by atoms with Crippen LogP contribution in [0.15, 0.2) is 24.3 Å². The maximum atomic E-state index is 3.56. The van der Waals surface area contributed by atoms with Gasteiger partial charge in [0.2, 0.25) is 0 Å². The molecule has 0 spiro atoms. The summed E-state index contributed by atoms with van der Waals surface area (Å²) in [6.07, 6.45) is 14.2. The lowest BCUT2D eigenvalue weighted by molar-refractivity contribution is 0.368. The summed E-state index contributed by atoms with van der Waals surface area (Å²) in [5.74, 6) is 1.78. The van der Waals surface area contributed by atoms with Crippen LogP contribution in [0.25, 0.3) is 0 Å². The van der Waals surface area contributed by atoms with Gasteiger partial charge in [0.25, 0.3) is 0 Å². The molecule has 0 bridgehead atoms. The van der Waals surface area contributed by atoms with Crippen molar-refractivity contribution in [3.63, 3.8) is 0 Å². The second kappa shape index (κ2) is 7.45. The van der Waals surface area contributed by atoms with Crippen molar-refractivity contribution >= 4 is 0 Å². The predicted octanol–water partition coefficient (Wildman–Crippen LogP) is 5.58. The highest BCUT2D eigenvalue weighted by molar-refractivity contribution is 5.28. The van der Waals surface area contributed by atoms with E-state index in [4.69, 9.17) is 0 Å². The molecule has 3 rings (SSSR count). The quantitative estimate of drug-likeness (QED) is 0.697. The first-order chi connectivity index (χ1) is 10.4. The number of nitrogens with one attached hydrogen (secondary N) is 1. The topological polar surface area (TPSA) is 12.0 Å². The third kappa shape index (κ3) is 3.88. The van der Waals surface area contributed by atoms with Crippen molar-refractivity contribution in [2.45, 2.75) is 76.2 Å². The highest BCUT2D eigenvalue weighted by Gasteiger charge is 2.21. The lowest BCUT2D eigenvalue weighted by Crippen LogP contribution is -2.20. The Labute approximate surface area is 130 Å². The van der Waals surface area contributed by atoms with Gasteiger partial charge >= 0.3 is 0 Å². The van der Waals surface area contributed by atoms with Gasteiger partial charge in [0.1, 0.15) is 0 Å². The first kappa shape index (κ1) is 15.1. The van der Waals surface area contributed by atoms with E-state index in [1.807, 2.05) is 0 Å². The molecular weight excluding hydrogens is 254 g/mol. The van der Waals surface area contributed by atoms with E-state index in [9.17, 15) is 0 Å². The van der Waals surface area contributed by atoms with Crippen LogP contribution in [0.4, 0.5) is 0 Å². The Morgan fingerprint density at radius 3 is 2.10 bits per heavy atom. The average molecular weight is 285 g/mol. The Morgan fingerprint density at radius 2 is 1.57 bits per heavy atom. The third-order valence-corrected chi connectivity index (χ3v) is 5.81. The third-order valence-electron chi connectivity index (χ3n) is 5.81. The first-order valence-corrected chi connectivity index (χ1v) is 9.14. The van der Waals surface area contributed by atoms with Crippen molar-refractivity contribution in [1.29, 1.82) is 0 Å². The zero-order chi connectivity index (χ0) is 14.5.